The summed E-state index contributed by atoms with van der Waals surface area (Å²) in [6.45, 7) is 2.35. The van der Waals surface area contributed by atoms with Crippen molar-refractivity contribution in [2.24, 2.45) is 0 Å². The first-order valence-electron chi connectivity index (χ1n) is 10.4. The molecule has 162 valence electrons. The zero-order chi connectivity index (χ0) is 22.0. The number of sulfone groups is 1. The Kier molecular flexibility index (Phi) is 5.88. The van der Waals surface area contributed by atoms with Gasteiger partial charge in [0, 0.05) is 38.1 Å². The summed E-state index contributed by atoms with van der Waals surface area (Å²) in [5.41, 5.74) is 1.93. The quantitative estimate of drug-likeness (QED) is 0.712. The summed E-state index contributed by atoms with van der Waals surface area (Å²) < 4.78 is 30.1. The van der Waals surface area contributed by atoms with Crippen LogP contribution < -0.4 is 9.64 Å². The number of ether oxygens (including phenoxy) is 1. The van der Waals surface area contributed by atoms with E-state index in [4.69, 9.17) is 10.00 Å². The summed E-state index contributed by atoms with van der Waals surface area (Å²) in [4.78, 5) is 17.3. The Morgan fingerprint density at radius 1 is 1.06 bits per heavy atom. The molecular formula is C23H25N3O4S. The van der Waals surface area contributed by atoms with Crippen LogP contribution in [0.4, 0.5) is 5.69 Å². The molecule has 4 rings (SSSR count). The van der Waals surface area contributed by atoms with Gasteiger partial charge in [0.25, 0.3) is 5.91 Å². The number of nitrogens with zero attached hydrogens (tertiary/aromatic N) is 3. The Bertz CT molecular complexity index is 1110. The fraction of sp³-hybridized carbons (Fsp3) is 0.391. The normalized spacial score (nSPS) is 17.0. The maximum absolute atomic E-state index is 13.3. The fourth-order valence-electron chi connectivity index (χ4n) is 3.76. The van der Waals surface area contributed by atoms with E-state index in [1.165, 1.54) is 12.1 Å². The van der Waals surface area contributed by atoms with Crippen LogP contribution >= 0.6 is 0 Å². The third-order valence-electron chi connectivity index (χ3n) is 5.88. The number of rotatable bonds is 5. The van der Waals surface area contributed by atoms with Crippen LogP contribution in [0.25, 0.3) is 0 Å². The molecule has 31 heavy (non-hydrogen) atoms. The lowest BCUT2D eigenvalue weighted by molar-refractivity contribution is 0.0728. The number of anilines is 1. The minimum absolute atomic E-state index is 0.0869. The average molecular weight is 440 g/mol. The predicted octanol–water partition coefficient (Wildman–Crippen LogP) is 2.86. The van der Waals surface area contributed by atoms with Crippen molar-refractivity contribution >= 4 is 21.4 Å². The maximum atomic E-state index is 13.3. The molecule has 2 fully saturated rings. The summed E-state index contributed by atoms with van der Waals surface area (Å²) in [7, 11) is -3.43. The van der Waals surface area contributed by atoms with E-state index in [1.807, 2.05) is 12.1 Å². The molecule has 0 spiro atoms. The lowest BCUT2D eigenvalue weighted by Gasteiger charge is -2.36. The molecule has 0 radical (unpaired) electrons. The number of hydrogen-bond acceptors (Lipinski definition) is 6. The molecule has 2 aliphatic rings. The second-order valence-electron chi connectivity index (χ2n) is 8.04. The van der Waals surface area contributed by atoms with Crippen LogP contribution in [0.15, 0.2) is 47.4 Å². The van der Waals surface area contributed by atoms with Crippen molar-refractivity contribution < 1.29 is 17.9 Å². The highest BCUT2D eigenvalue weighted by Gasteiger charge is 2.28. The smallest absolute Gasteiger partial charge is 0.257 e. The molecule has 0 atom stereocenters. The Morgan fingerprint density at radius 3 is 2.29 bits per heavy atom. The van der Waals surface area contributed by atoms with Crippen molar-refractivity contribution in [1.82, 2.24) is 4.90 Å². The van der Waals surface area contributed by atoms with E-state index in [2.05, 4.69) is 11.0 Å². The van der Waals surface area contributed by atoms with Gasteiger partial charge in [0.1, 0.15) is 5.75 Å². The maximum Gasteiger partial charge on any atom is 0.257 e. The lowest BCUT2D eigenvalue weighted by Crippen LogP contribution is -2.49. The van der Waals surface area contributed by atoms with Crippen molar-refractivity contribution in [3.63, 3.8) is 0 Å². The summed E-state index contributed by atoms with van der Waals surface area (Å²) in [5, 5.41) is 8.95. The third kappa shape index (κ3) is 4.67. The summed E-state index contributed by atoms with van der Waals surface area (Å²) in [6, 6.07) is 14.1. The molecule has 0 unspecified atom stereocenters. The molecule has 1 amide bonds. The van der Waals surface area contributed by atoms with Crippen molar-refractivity contribution in [2.45, 2.75) is 30.3 Å². The first-order valence-corrected chi connectivity index (χ1v) is 12.3. The van der Waals surface area contributed by atoms with Crippen LogP contribution in [0.3, 0.4) is 0 Å². The number of piperazine rings is 1. The highest BCUT2D eigenvalue weighted by Crippen LogP contribution is 2.30. The van der Waals surface area contributed by atoms with E-state index in [0.717, 1.165) is 31.2 Å². The zero-order valence-corrected chi connectivity index (χ0v) is 18.3. The SMILES string of the molecule is CS(=O)(=O)c1ccc(OC2CCC2)c(C(=O)N2CCN(c3ccc(C#N)cc3)CC2)c1. The molecule has 1 aliphatic carbocycles. The molecule has 2 aromatic rings. The summed E-state index contributed by atoms with van der Waals surface area (Å²) in [5.74, 6) is 0.246. The van der Waals surface area contributed by atoms with Crippen LogP contribution in [0, 0.1) is 11.3 Å². The molecule has 0 bridgehead atoms. The topological polar surface area (TPSA) is 90.7 Å². The number of nitriles is 1. The van der Waals surface area contributed by atoms with Crippen molar-refractivity contribution in [1.29, 1.82) is 5.26 Å². The van der Waals surface area contributed by atoms with Crippen molar-refractivity contribution in [3.05, 3.63) is 53.6 Å². The van der Waals surface area contributed by atoms with Gasteiger partial charge < -0.3 is 14.5 Å². The number of amides is 1. The average Bonchev–Trinajstić information content (AvgIpc) is 2.75. The Hall–Kier alpha value is -3.05. The molecule has 7 nitrogen and oxygen atoms in total. The van der Waals surface area contributed by atoms with Gasteiger partial charge in [-0.1, -0.05) is 0 Å². The minimum Gasteiger partial charge on any atom is -0.490 e. The highest BCUT2D eigenvalue weighted by atomic mass is 32.2. The van der Waals surface area contributed by atoms with Gasteiger partial charge in [0.15, 0.2) is 9.84 Å². The molecule has 0 aromatic heterocycles. The van der Waals surface area contributed by atoms with Gasteiger partial charge in [-0.05, 0) is 61.7 Å². The van der Waals surface area contributed by atoms with Crippen LogP contribution in [0.1, 0.15) is 35.2 Å². The van der Waals surface area contributed by atoms with Gasteiger partial charge >= 0.3 is 0 Å². The van der Waals surface area contributed by atoms with Crippen molar-refractivity contribution in [2.75, 3.05) is 37.3 Å². The number of carbonyl (C=O) groups excluding carboxylic acids is 1. The molecule has 2 aromatic carbocycles. The van der Waals surface area contributed by atoms with E-state index in [1.54, 1.807) is 23.1 Å². The van der Waals surface area contributed by atoms with E-state index in [-0.39, 0.29) is 16.9 Å². The van der Waals surface area contributed by atoms with Crippen LogP contribution in [-0.2, 0) is 9.84 Å². The monoisotopic (exact) mass is 439 g/mol. The van der Waals surface area contributed by atoms with Gasteiger partial charge in [0.2, 0.25) is 0 Å². The first kappa shape index (κ1) is 21.2. The highest BCUT2D eigenvalue weighted by molar-refractivity contribution is 7.90. The minimum atomic E-state index is -3.43. The largest absolute Gasteiger partial charge is 0.490 e. The van der Waals surface area contributed by atoms with Gasteiger partial charge in [-0.15, -0.1) is 0 Å². The third-order valence-corrected chi connectivity index (χ3v) is 6.99. The van der Waals surface area contributed by atoms with Crippen LogP contribution in [-0.4, -0.2) is 57.8 Å². The molecule has 1 aliphatic heterocycles. The predicted molar refractivity (Wildman–Crippen MR) is 117 cm³/mol. The fourth-order valence-corrected chi connectivity index (χ4v) is 4.41. The summed E-state index contributed by atoms with van der Waals surface area (Å²) >= 11 is 0. The van der Waals surface area contributed by atoms with Gasteiger partial charge in [-0.2, -0.15) is 5.26 Å². The Balaban J connectivity index is 1.51. The number of benzene rings is 2. The van der Waals surface area contributed by atoms with Gasteiger partial charge in [0.05, 0.1) is 28.2 Å². The van der Waals surface area contributed by atoms with Crippen LogP contribution in [0.5, 0.6) is 5.75 Å². The van der Waals surface area contributed by atoms with Gasteiger partial charge in [-0.25, -0.2) is 8.42 Å². The number of carbonyl (C=O) groups is 1. The number of hydrogen-bond donors (Lipinski definition) is 0. The van der Waals surface area contributed by atoms with Crippen molar-refractivity contribution in [3.8, 4) is 11.8 Å². The molecule has 1 saturated heterocycles. The van der Waals surface area contributed by atoms with E-state index in [0.29, 0.717) is 43.1 Å². The second-order valence-corrected chi connectivity index (χ2v) is 10.1. The van der Waals surface area contributed by atoms with Gasteiger partial charge in [-0.3, -0.25) is 4.79 Å². The molecule has 0 N–H and O–H groups in total. The lowest BCUT2D eigenvalue weighted by atomic mass is 9.96. The molecule has 1 heterocycles. The summed E-state index contributed by atoms with van der Waals surface area (Å²) in [6.07, 6.45) is 4.23. The standard InChI is InChI=1S/C23H25N3O4S/c1-31(28,29)20-9-10-22(30-19-3-2-4-19)21(15-20)23(27)26-13-11-25(12-14-26)18-7-5-17(16-24)6-8-18/h5-10,15,19H,2-4,11-14H2,1H3. The second kappa shape index (κ2) is 8.60. The van der Waals surface area contributed by atoms with Crippen LogP contribution in [0.2, 0.25) is 0 Å². The zero-order valence-electron chi connectivity index (χ0n) is 17.5. The first-order chi connectivity index (χ1) is 14.8. The van der Waals surface area contributed by atoms with E-state index < -0.39 is 9.84 Å². The Labute approximate surface area is 182 Å². The molecule has 1 saturated carbocycles. The Morgan fingerprint density at radius 2 is 1.74 bits per heavy atom. The molecular weight excluding hydrogens is 414 g/mol. The van der Waals surface area contributed by atoms with E-state index in [9.17, 15) is 13.2 Å². The van der Waals surface area contributed by atoms with E-state index >= 15 is 0 Å². The molecule has 8 heteroatoms.